The molecule has 0 spiro atoms. The lowest BCUT2D eigenvalue weighted by Gasteiger charge is -2.06. The van der Waals surface area contributed by atoms with Gasteiger partial charge in [-0.15, -0.1) is 0 Å². The van der Waals surface area contributed by atoms with Crippen LogP contribution in [0.2, 0.25) is 0 Å². The maximum Gasteiger partial charge on any atom is 0.256 e. The second-order valence-corrected chi connectivity index (χ2v) is 6.74. The topological polar surface area (TPSA) is 64.7 Å². The summed E-state index contributed by atoms with van der Waals surface area (Å²) >= 11 is 0. The summed E-state index contributed by atoms with van der Waals surface area (Å²) < 4.78 is 3.64. The molecule has 0 saturated carbocycles. The van der Waals surface area contributed by atoms with E-state index in [0.717, 1.165) is 11.1 Å². The Morgan fingerprint density at radius 1 is 0.929 bits per heavy atom. The second kappa shape index (κ2) is 7.92. The normalized spacial score (nSPS) is 10.8. The van der Waals surface area contributed by atoms with Crippen molar-refractivity contribution >= 4 is 11.7 Å². The molecule has 6 nitrogen and oxygen atoms in total. The molecule has 6 heteroatoms. The minimum Gasteiger partial charge on any atom is -0.305 e. The number of hydrogen-bond acceptors (Lipinski definition) is 3. The van der Waals surface area contributed by atoms with Crippen LogP contribution in [0, 0.1) is 6.92 Å². The van der Waals surface area contributed by atoms with Gasteiger partial charge in [0.15, 0.2) is 5.82 Å². The third-order valence-corrected chi connectivity index (χ3v) is 4.44. The van der Waals surface area contributed by atoms with Gasteiger partial charge in [0.1, 0.15) is 0 Å². The van der Waals surface area contributed by atoms with Crippen molar-refractivity contribution in [3.63, 3.8) is 0 Å². The van der Waals surface area contributed by atoms with Crippen LogP contribution in [0.5, 0.6) is 0 Å². The molecule has 0 unspecified atom stereocenters. The van der Waals surface area contributed by atoms with Crippen LogP contribution in [-0.2, 0) is 13.1 Å². The summed E-state index contributed by atoms with van der Waals surface area (Å²) in [6.45, 7) is 3.35. The first-order valence-corrected chi connectivity index (χ1v) is 9.12. The van der Waals surface area contributed by atoms with E-state index >= 15 is 0 Å². The van der Waals surface area contributed by atoms with E-state index in [1.807, 2.05) is 46.0 Å². The van der Waals surface area contributed by atoms with Crippen molar-refractivity contribution in [3.8, 4) is 0 Å². The molecule has 0 radical (unpaired) electrons. The first-order valence-electron chi connectivity index (χ1n) is 9.12. The fraction of sp³-hybridized carbons (Fsp3) is 0.136. The Bertz CT molecular complexity index is 1060. The number of rotatable bonds is 6. The zero-order chi connectivity index (χ0) is 19.3. The molecule has 1 N–H and O–H groups in total. The van der Waals surface area contributed by atoms with Crippen molar-refractivity contribution in [2.45, 2.75) is 20.0 Å². The van der Waals surface area contributed by atoms with E-state index in [-0.39, 0.29) is 5.91 Å². The quantitative estimate of drug-likeness (QED) is 0.562. The maximum absolute atomic E-state index is 12.6. The molecule has 2 heterocycles. The molecular formula is C22H21N5O. The van der Waals surface area contributed by atoms with E-state index < -0.39 is 0 Å². The second-order valence-electron chi connectivity index (χ2n) is 6.74. The summed E-state index contributed by atoms with van der Waals surface area (Å²) in [5.74, 6) is 0.359. The number of anilines is 1. The molecule has 0 aliphatic rings. The van der Waals surface area contributed by atoms with Crippen molar-refractivity contribution < 1.29 is 4.79 Å². The summed E-state index contributed by atoms with van der Waals surface area (Å²) in [5, 5.41) is 11.5. The summed E-state index contributed by atoms with van der Waals surface area (Å²) in [5.41, 5.74) is 4.00. The molecule has 28 heavy (non-hydrogen) atoms. The van der Waals surface area contributed by atoms with E-state index in [0.29, 0.717) is 24.5 Å². The van der Waals surface area contributed by atoms with E-state index in [9.17, 15) is 4.79 Å². The van der Waals surface area contributed by atoms with Gasteiger partial charge in [-0.1, -0.05) is 42.0 Å². The molecule has 140 valence electrons. The fourth-order valence-electron chi connectivity index (χ4n) is 2.98. The van der Waals surface area contributed by atoms with Gasteiger partial charge < -0.3 is 5.32 Å². The van der Waals surface area contributed by atoms with Crippen molar-refractivity contribution in [1.82, 2.24) is 19.6 Å². The predicted molar refractivity (Wildman–Crippen MR) is 108 cm³/mol. The number of aromatic nitrogens is 4. The monoisotopic (exact) mass is 371 g/mol. The van der Waals surface area contributed by atoms with Gasteiger partial charge in [-0.2, -0.15) is 10.2 Å². The number of carbonyl (C=O) groups is 1. The number of nitrogens with zero attached hydrogens (tertiary/aromatic N) is 4. The van der Waals surface area contributed by atoms with Gasteiger partial charge in [-0.3, -0.25) is 14.2 Å². The average Bonchev–Trinajstić information content (AvgIpc) is 3.36. The third-order valence-electron chi connectivity index (χ3n) is 4.44. The smallest absolute Gasteiger partial charge is 0.256 e. The van der Waals surface area contributed by atoms with E-state index in [1.54, 1.807) is 18.3 Å². The lowest BCUT2D eigenvalue weighted by molar-refractivity contribution is 0.102. The number of aryl methyl sites for hydroxylation is 1. The minimum atomic E-state index is -0.178. The van der Waals surface area contributed by atoms with Gasteiger partial charge in [0.2, 0.25) is 0 Å². The zero-order valence-electron chi connectivity index (χ0n) is 15.6. The standard InChI is InChI=1S/C22H21N5O/c1-17-6-8-18(9-7-17)15-27-13-10-21(25-27)24-22(28)20-5-2-4-19(14-20)16-26-12-3-11-23-26/h2-14H,15-16H2,1H3,(H,24,25,28). The SMILES string of the molecule is Cc1ccc(Cn2ccc(NC(=O)c3cccc(Cn4cccn4)c3)n2)cc1. The molecule has 4 aromatic rings. The van der Waals surface area contributed by atoms with Crippen LogP contribution in [0.15, 0.2) is 79.3 Å². The lowest BCUT2D eigenvalue weighted by atomic mass is 10.1. The average molecular weight is 371 g/mol. The molecule has 0 fully saturated rings. The summed E-state index contributed by atoms with van der Waals surface area (Å²) in [7, 11) is 0. The van der Waals surface area contributed by atoms with Crippen molar-refractivity contribution in [2.75, 3.05) is 5.32 Å². The van der Waals surface area contributed by atoms with Crippen molar-refractivity contribution in [3.05, 3.63) is 102 Å². The largest absolute Gasteiger partial charge is 0.305 e. The van der Waals surface area contributed by atoms with Crippen LogP contribution in [0.1, 0.15) is 27.0 Å². The molecular weight excluding hydrogens is 350 g/mol. The molecule has 2 aromatic carbocycles. The van der Waals surface area contributed by atoms with Gasteiger partial charge in [-0.25, -0.2) is 0 Å². The minimum absolute atomic E-state index is 0.178. The molecule has 0 aliphatic carbocycles. The van der Waals surface area contributed by atoms with E-state index in [4.69, 9.17) is 0 Å². The van der Waals surface area contributed by atoms with E-state index in [1.165, 1.54) is 5.56 Å². The molecule has 0 bridgehead atoms. The van der Waals surface area contributed by atoms with Gasteiger partial charge >= 0.3 is 0 Å². The number of carbonyl (C=O) groups excluding carboxylic acids is 1. The predicted octanol–water partition coefficient (Wildman–Crippen LogP) is 3.74. The van der Waals surface area contributed by atoms with Crippen LogP contribution in [0.4, 0.5) is 5.82 Å². The molecule has 0 atom stereocenters. The van der Waals surface area contributed by atoms with Crippen molar-refractivity contribution in [1.29, 1.82) is 0 Å². The maximum atomic E-state index is 12.6. The number of amides is 1. The van der Waals surface area contributed by atoms with Crippen LogP contribution in [0.3, 0.4) is 0 Å². The van der Waals surface area contributed by atoms with Crippen LogP contribution in [-0.4, -0.2) is 25.5 Å². The van der Waals surface area contributed by atoms with Gasteiger partial charge in [0.05, 0.1) is 13.1 Å². The Morgan fingerprint density at radius 2 is 1.75 bits per heavy atom. The molecule has 0 saturated heterocycles. The number of hydrogen-bond donors (Lipinski definition) is 1. The lowest BCUT2D eigenvalue weighted by Crippen LogP contribution is -2.13. The Balaban J connectivity index is 1.41. The highest BCUT2D eigenvalue weighted by atomic mass is 16.1. The van der Waals surface area contributed by atoms with Crippen molar-refractivity contribution in [2.24, 2.45) is 0 Å². The highest BCUT2D eigenvalue weighted by Gasteiger charge is 2.09. The molecule has 1 amide bonds. The van der Waals surface area contributed by atoms with Gasteiger partial charge in [-0.05, 0) is 36.2 Å². The molecule has 2 aromatic heterocycles. The van der Waals surface area contributed by atoms with Crippen LogP contribution < -0.4 is 5.32 Å². The first kappa shape index (κ1) is 17.7. The number of benzene rings is 2. The van der Waals surface area contributed by atoms with E-state index in [2.05, 4.69) is 46.7 Å². The molecule has 4 rings (SSSR count). The Labute approximate surface area is 163 Å². The summed E-state index contributed by atoms with van der Waals surface area (Å²) in [4.78, 5) is 12.6. The highest BCUT2D eigenvalue weighted by molar-refractivity contribution is 6.03. The third kappa shape index (κ3) is 4.35. The fourth-order valence-corrected chi connectivity index (χ4v) is 2.98. The summed E-state index contributed by atoms with van der Waals surface area (Å²) in [6.07, 6.45) is 5.50. The Kier molecular flexibility index (Phi) is 5.01. The van der Waals surface area contributed by atoms with Gasteiger partial charge in [0, 0.05) is 30.2 Å². The molecule has 0 aliphatic heterocycles. The summed E-state index contributed by atoms with van der Waals surface area (Å²) in [6, 6.07) is 19.5. The highest BCUT2D eigenvalue weighted by Crippen LogP contribution is 2.12. The van der Waals surface area contributed by atoms with Gasteiger partial charge in [0.25, 0.3) is 5.91 Å². The van der Waals surface area contributed by atoms with Crippen LogP contribution >= 0.6 is 0 Å². The Hall–Kier alpha value is -3.67. The first-order chi connectivity index (χ1) is 13.7. The zero-order valence-corrected chi connectivity index (χ0v) is 15.6. The Morgan fingerprint density at radius 3 is 2.54 bits per heavy atom. The van der Waals surface area contributed by atoms with Crippen LogP contribution in [0.25, 0.3) is 0 Å². The number of nitrogens with one attached hydrogen (secondary N) is 1.